The zero-order chi connectivity index (χ0) is 12.1. The van der Waals surface area contributed by atoms with Crippen molar-refractivity contribution in [3.63, 3.8) is 0 Å². The second kappa shape index (κ2) is 5.54. The van der Waals surface area contributed by atoms with Crippen LogP contribution in [0.1, 0.15) is 26.3 Å². The highest BCUT2D eigenvalue weighted by Crippen LogP contribution is 2.11. The third-order valence-electron chi connectivity index (χ3n) is 2.79. The molecule has 0 aliphatic heterocycles. The molecule has 0 aromatic heterocycles. The van der Waals surface area contributed by atoms with Gasteiger partial charge in [0.05, 0.1) is 6.42 Å². The van der Waals surface area contributed by atoms with Gasteiger partial charge in [0.1, 0.15) is 0 Å². The number of nitrogens with one attached hydrogen (secondary N) is 1. The van der Waals surface area contributed by atoms with Crippen LogP contribution in [0.25, 0.3) is 0 Å². The smallest absolute Gasteiger partial charge is 0.224 e. The summed E-state index contributed by atoms with van der Waals surface area (Å²) in [6, 6.07) is 7.65. The van der Waals surface area contributed by atoms with Crippen LogP contribution in [0.15, 0.2) is 24.3 Å². The molecular weight excluding hydrogens is 200 g/mol. The van der Waals surface area contributed by atoms with Crippen molar-refractivity contribution in [2.24, 2.45) is 5.92 Å². The molecule has 1 amide bonds. The lowest BCUT2D eigenvalue weighted by Crippen LogP contribution is -2.37. The molecule has 1 aromatic rings. The molecule has 0 heterocycles. The zero-order valence-electron chi connectivity index (χ0n) is 10.2. The number of nitrogen functional groups attached to an aromatic ring is 1. The Balaban J connectivity index is 2.55. The largest absolute Gasteiger partial charge is 0.398 e. The van der Waals surface area contributed by atoms with Gasteiger partial charge >= 0.3 is 0 Å². The maximum atomic E-state index is 11.7. The molecule has 0 bridgehead atoms. The van der Waals surface area contributed by atoms with Crippen molar-refractivity contribution < 1.29 is 4.79 Å². The maximum Gasteiger partial charge on any atom is 0.224 e. The summed E-state index contributed by atoms with van der Waals surface area (Å²) in [4.78, 5) is 11.7. The number of amides is 1. The Hall–Kier alpha value is -1.51. The van der Waals surface area contributed by atoms with Gasteiger partial charge in [-0.25, -0.2) is 0 Å². The Bertz CT molecular complexity index is 361. The number of rotatable bonds is 4. The summed E-state index contributed by atoms with van der Waals surface area (Å²) in [5, 5.41) is 2.96. The van der Waals surface area contributed by atoms with Crippen LogP contribution in [0.2, 0.25) is 0 Å². The summed E-state index contributed by atoms with van der Waals surface area (Å²) < 4.78 is 0. The highest BCUT2D eigenvalue weighted by molar-refractivity contribution is 5.80. The summed E-state index contributed by atoms with van der Waals surface area (Å²) in [5.41, 5.74) is 7.34. The van der Waals surface area contributed by atoms with Crippen LogP contribution < -0.4 is 11.1 Å². The van der Waals surface area contributed by atoms with Crippen LogP contribution in [-0.2, 0) is 11.2 Å². The first-order chi connectivity index (χ1) is 7.50. The fraction of sp³-hybridized carbons (Fsp3) is 0.462. The summed E-state index contributed by atoms with van der Waals surface area (Å²) >= 11 is 0. The number of carbonyl (C=O) groups is 1. The van der Waals surface area contributed by atoms with Crippen LogP contribution in [0.4, 0.5) is 5.69 Å². The highest BCUT2D eigenvalue weighted by Gasteiger charge is 2.11. The lowest BCUT2D eigenvalue weighted by atomic mass is 10.1. The molecule has 1 aromatic carbocycles. The van der Waals surface area contributed by atoms with Gasteiger partial charge in [-0.3, -0.25) is 4.79 Å². The molecule has 3 N–H and O–H groups in total. The first-order valence-electron chi connectivity index (χ1n) is 5.63. The lowest BCUT2D eigenvalue weighted by molar-refractivity contribution is -0.121. The molecule has 1 atom stereocenters. The molecule has 0 fully saturated rings. The van der Waals surface area contributed by atoms with Crippen molar-refractivity contribution in [2.45, 2.75) is 33.2 Å². The van der Waals surface area contributed by atoms with Gasteiger partial charge in [-0.05, 0) is 24.5 Å². The SMILES string of the molecule is CC(C)C(C)NC(=O)Cc1ccccc1N. The van der Waals surface area contributed by atoms with Crippen molar-refractivity contribution in [1.29, 1.82) is 0 Å². The molecule has 16 heavy (non-hydrogen) atoms. The normalized spacial score (nSPS) is 12.5. The van der Waals surface area contributed by atoms with Gasteiger partial charge < -0.3 is 11.1 Å². The average molecular weight is 220 g/mol. The molecule has 0 saturated carbocycles. The molecule has 3 heteroatoms. The second-order valence-corrected chi connectivity index (χ2v) is 4.48. The first-order valence-corrected chi connectivity index (χ1v) is 5.63. The number of anilines is 1. The topological polar surface area (TPSA) is 55.1 Å². The van der Waals surface area contributed by atoms with Gasteiger partial charge in [-0.15, -0.1) is 0 Å². The minimum Gasteiger partial charge on any atom is -0.398 e. The van der Waals surface area contributed by atoms with Gasteiger partial charge in [0.25, 0.3) is 0 Å². The van der Waals surface area contributed by atoms with E-state index in [0.717, 1.165) is 5.56 Å². The van der Waals surface area contributed by atoms with Gasteiger partial charge in [0.15, 0.2) is 0 Å². The van der Waals surface area contributed by atoms with Crippen LogP contribution in [0, 0.1) is 5.92 Å². The predicted octanol–water partition coefficient (Wildman–Crippen LogP) is 1.97. The van der Waals surface area contributed by atoms with E-state index < -0.39 is 0 Å². The fourth-order valence-corrected chi connectivity index (χ4v) is 1.34. The van der Waals surface area contributed by atoms with Crippen molar-refractivity contribution >= 4 is 11.6 Å². The van der Waals surface area contributed by atoms with Crippen molar-refractivity contribution in [1.82, 2.24) is 5.32 Å². The third kappa shape index (κ3) is 3.57. The number of hydrogen-bond acceptors (Lipinski definition) is 2. The van der Waals surface area contributed by atoms with E-state index in [1.807, 2.05) is 31.2 Å². The van der Waals surface area contributed by atoms with Gasteiger partial charge in [-0.1, -0.05) is 32.0 Å². The molecule has 0 aliphatic carbocycles. The Morgan fingerprint density at radius 2 is 1.94 bits per heavy atom. The number of para-hydroxylation sites is 1. The lowest BCUT2D eigenvalue weighted by Gasteiger charge is -2.17. The molecule has 3 nitrogen and oxygen atoms in total. The van der Waals surface area contributed by atoms with Crippen LogP contribution in [-0.4, -0.2) is 11.9 Å². The van der Waals surface area contributed by atoms with E-state index >= 15 is 0 Å². The van der Waals surface area contributed by atoms with Gasteiger partial charge in [0, 0.05) is 11.7 Å². The van der Waals surface area contributed by atoms with Crippen molar-refractivity contribution in [3.05, 3.63) is 29.8 Å². The van der Waals surface area contributed by atoms with Crippen LogP contribution in [0.5, 0.6) is 0 Å². The highest BCUT2D eigenvalue weighted by atomic mass is 16.1. The second-order valence-electron chi connectivity index (χ2n) is 4.48. The van der Waals surface area contributed by atoms with Gasteiger partial charge in [-0.2, -0.15) is 0 Å². The Labute approximate surface area is 97.0 Å². The van der Waals surface area contributed by atoms with E-state index in [2.05, 4.69) is 19.2 Å². The number of hydrogen-bond donors (Lipinski definition) is 2. The Kier molecular flexibility index (Phi) is 4.35. The standard InChI is InChI=1S/C13H20N2O/c1-9(2)10(3)15-13(16)8-11-6-4-5-7-12(11)14/h4-7,9-10H,8,14H2,1-3H3,(H,15,16). The number of benzene rings is 1. The fourth-order valence-electron chi connectivity index (χ4n) is 1.34. The number of carbonyl (C=O) groups excluding carboxylic acids is 1. The molecule has 0 saturated heterocycles. The maximum absolute atomic E-state index is 11.7. The molecule has 1 unspecified atom stereocenters. The molecule has 0 aliphatic rings. The Morgan fingerprint density at radius 1 is 1.31 bits per heavy atom. The zero-order valence-corrected chi connectivity index (χ0v) is 10.2. The predicted molar refractivity (Wildman–Crippen MR) is 67.0 cm³/mol. The van der Waals surface area contributed by atoms with E-state index in [0.29, 0.717) is 18.0 Å². The Morgan fingerprint density at radius 3 is 2.50 bits per heavy atom. The van der Waals surface area contributed by atoms with E-state index in [4.69, 9.17) is 5.73 Å². The molecule has 88 valence electrons. The quantitative estimate of drug-likeness (QED) is 0.762. The van der Waals surface area contributed by atoms with E-state index in [9.17, 15) is 4.79 Å². The first kappa shape index (κ1) is 12.6. The van der Waals surface area contributed by atoms with Crippen LogP contribution >= 0.6 is 0 Å². The average Bonchev–Trinajstić information content (AvgIpc) is 2.21. The molecule has 1 rings (SSSR count). The third-order valence-corrected chi connectivity index (χ3v) is 2.79. The number of nitrogens with two attached hydrogens (primary N) is 1. The van der Waals surface area contributed by atoms with E-state index in [1.54, 1.807) is 0 Å². The van der Waals surface area contributed by atoms with E-state index in [1.165, 1.54) is 0 Å². The molecule has 0 spiro atoms. The molecular formula is C13H20N2O. The van der Waals surface area contributed by atoms with Crippen molar-refractivity contribution in [3.8, 4) is 0 Å². The molecule has 0 radical (unpaired) electrons. The van der Waals surface area contributed by atoms with Crippen molar-refractivity contribution in [2.75, 3.05) is 5.73 Å². The summed E-state index contributed by atoms with van der Waals surface area (Å²) in [5.74, 6) is 0.469. The van der Waals surface area contributed by atoms with Crippen LogP contribution in [0.3, 0.4) is 0 Å². The summed E-state index contributed by atoms with van der Waals surface area (Å²) in [6.45, 7) is 6.18. The monoisotopic (exact) mass is 220 g/mol. The van der Waals surface area contributed by atoms with Gasteiger partial charge in [0.2, 0.25) is 5.91 Å². The minimum absolute atomic E-state index is 0.0269. The van der Waals surface area contributed by atoms with E-state index in [-0.39, 0.29) is 11.9 Å². The minimum atomic E-state index is 0.0269. The summed E-state index contributed by atoms with van der Waals surface area (Å²) in [7, 11) is 0. The summed E-state index contributed by atoms with van der Waals surface area (Å²) in [6.07, 6.45) is 0.351.